The first-order valence-corrected chi connectivity index (χ1v) is 7.79. The number of hydrogen-bond acceptors (Lipinski definition) is 4. The number of alkyl halides is 2. The lowest BCUT2D eigenvalue weighted by atomic mass is 10.0. The molecule has 3 aromatic rings. The molecule has 0 bridgehead atoms. The molecule has 3 rings (SSSR count). The highest BCUT2D eigenvalue weighted by Crippen LogP contribution is 2.29. The molecule has 132 valence electrons. The van der Waals surface area contributed by atoms with Gasteiger partial charge in [0.1, 0.15) is 16.9 Å². The SMILES string of the molecule is Cc1nc2c(c(CO)nn2[C@H](C)c2ccc(C(C)(F)F)cc2)c(=O)[nH]1. The summed E-state index contributed by atoms with van der Waals surface area (Å²) in [6.07, 6.45) is 0. The minimum Gasteiger partial charge on any atom is -0.390 e. The molecule has 0 unspecified atom stereocenters. The van der Waals surface area contributed by atoms with Crippen LogP contribution in [0.2, 0.25) is 0 Å². The summed E-state index contributed by atoms with van der Waals surface area (Å²) in [7, 11) is 0. The Labute approximate surface area is 142 Å². The molecular weight excluding hydrogens is 330 g/mol. The quantitative estimate of drug-likeness (QED) is 0.759. The van der Waals surface area contributed by atoms with Crippen LogP contribution in [0, 0.1) is 6.92 Å². The van der Waals surface area contributed by atoms with E-state index in [1.807, 2.05) is 6.92 Å². The van der Waals surface area contributed by atoms with Crippen molar-refractivity contribution in [1.82, 2.24) is 19.7 Å². The lowest BCUT2D eigenvalue weighted by Crippen LogP contribution is -2.14. The molecule has 0 saturated heterocycles. The third-order valence-corrected chi connectivity index (χ3v) is 4.17. The Hall–Kier alpha value is -2.61. The largest absolute Gasteiger partial charge is 0.390 e. The highest BCUT2D eigenvalue weighted by molar-refractivity contribution is 5.77. The molecule has 2 aromatic heterocycles. The molecule has 25 heavy (non-hydrogen) atoms. The van der Waals surface area contributed by atoms with Gasteiger partial charge < -0.3 is 10.1 Å². The number of nitrogens with one attached hydrogen (secondary N) is 1. The number of benzene rings is 1. The molecule has 0 aliphatic rings. The number of aryl methyl sites for hydroxylation is 1. The molecule has 2 N–H and O–H groups in total. The van der Waals surface area contributed by atoms with E-state index in [0.29, 0.717) is 11.5 Å². The van der Waals surface area contributed by atoms with Crippen LogP contribution in [0.4, 0.5) is 8.78 Å². The second-order valence-corrected chi connectivity index (χ2v) is 6.09. The topological polar surface area (TPSA) is 83.8 Å². The van der Waals surface area contributed by atoms with E-state index >= 15 is 0 Å². The van der Waals surface area contributed by atoms with Crippen molar-refractivity contribution in [2.45, 2.75) is 39.3 Å². The second-order valence-electron chi connectivity index (χ2n) is 6.09. The number of nitrogens with zero attached hydrogens (tertiary/aromatic N) is 3. The van der Waals surface area contributed by atoms with Gasteiger partial charge in [-0.25, -0.2) is 18.4 Å². The third-order valence-electron chi connectivity index (χ3n) is 4.17. The summed E-state index contributed by atoms with van der Waals surface area (Å²) in [6.45, 7) is 3.93. The van der Waals surface area contributed by atoms with Crippen molar-refractivity contribution in [1.29, 1.82) is 0 Å². The molecule has 0 radical (unpaired) electrons. The van der Waals surface area contributed by atoms with Crippen LogP contribution in [0.5, 0.6) is 0 Å². The summed E-state index contributed by atoms with van der Waals surface area (Å²) < 4.78 is 28.3. The fraction of sp³-hybridized carbons (Fsp3) is 0.353. The molecular formula is C17H18F2N4O2. The first kappa shape index (κ1) is 17.2. The van der Waals surface area contributed by atoms with Gasteiger partial charge in [0, 0.05) is 12.5 Å². The summed E-state index contributed by atoms with van der Waals surface area (Å²) >= 11 is 0. The van der Waals surface area contributed by atoms with Gasteiger partial charge in [-0.3, -0.25) is 4.79 Å². The zero-order valence-electron chi connectivity index (χ0n) is 14.0. The monoisotopic (exact) mass is 348 g/mol. The maximum Gasteiger partial charge on any atom is 0.270 e. The van der Waals surface area contributed by atoms with E-state index in [2.05, 4.69) is 15.1 Å². The zero-order chi connectivity index (χ0) is 18.4. The fourth-order valence-electron chi connectivity index (χ4n) is 2.80. The lowest BCUT2D eigenvalue weighted by Gasteiger charge is -2.16. The van der Waals surface area contributed by atoms with Gasteiger partial charge >= 0.3 is 0 Å². The number of halogens is 2. The molecule has 2 heterocycles. The number of aliphatic hydroxyl groups excluding tert-OH is 1. The molecule has 0 amide bonds. The van der Waals surface area contributed by atoms with Gasteiger partial charge in [-0.15, -0.1) is 0 Å². The van der Waals surface area contributed by atoms with Crippen LogP contribution in [0.3, 0.4) is 0 Å². The van der Waals surface area contributed by atoms with Crippen LogP contribution >= 0.6 is 0 Å². The standard InChI is InChI=1S/C17H18F2N4O2/c1-9(11-4-6-12(7-5-11)17(3,18)19)23-15-14(13(8-24)22-23)16(25)21-10(2)20-15/h4-7,9,24H,8H2,1-3H3,(H,20,21,25)/t9-/m1/s1. The van der Waals surface area contributed by atoms with Gasteiger partial charge in [0.2, 0.25) is 0 Å². The summed E-state index contributed by atoms with van der Waals surface area (Å²) in [6, 6.07) is 5.59. The third kappa shape index (κ3) is 3.05. The Balaban J connectivity index is 2.11. The first-order chi connectivity index (χ1) is 11.7. The highest BCUT2D eigenvalue weighted by Gasteiger charge is 2.25. The Bertz CT molecular complexity index is 971. The van der Waals surface area contributed by atoms with E-state index < -0.39 is 12.5 Å². The Morgan fingerprint density at radius 3 is 2.52 bits per heavy atom. The van der Waals surface area contributed by atoms with Crippen molar-refractivity contribution in [3.05, 3.63) is 57.3 Å². The molecule has 8 heteroatoms. The number of fused-ring (bicyclic) bond motifs is 1. The molecule has 0 fully saturated rings. The van der Waals surface area contributed by atoms with Crippen LogP contribution in [0.25, 0.3) is 11.0 Å². The number of rotatable bonds is 4. The van der Waals surface area contributed by atoms with Crippen LogP contribution in [0.1, 0.15) is 42.5 Å². The predicted molar refractivity (Wildman–Crippen MR) is 88.6 cm³/mol. The Morgan fingerprint density at radius 2 is 1.96 bits per heavy atom. The van der Waals surface area contributed by atoms with E-state index in [-0.39, 0.29) is 28.2 Å². The van der Waals surface area contributed by atoms with E-state index in [0.717, 1.165) is 12.5 Å². The van der Waals surface area contributed by atoms with Gasteiger partial charge in [-0.2, -0.15) is 5.10 Å². The number of H-pyrrole nitrogens is 1. The normalized spacial score (nSPS) is 13.4. The van der Waals surface area contributed by atoms with Crippen LogP contribution < -0.4 is 5.56 Å². The van der Waals surface area contributed by atoms with Gasteiger partial charge in [-0.05, 0) is 19.4 Å². The lowest BCUT2D eigenvalue weighted by molar-refractivity contribution is 0.0174. The maximum atomic E-state index is 13.4. The Morgan fingerprint density at radius 1 is 1.32 bits per heavy atom. The molecule has 1 aromatic carbocycles. The Kier molecular flexibility index (Phi) is 4.16. The highest BCUT2D eigenvalue weighted by atomic mass is 19.3. The zero-order valence-corrected chi connectivity index (χ0v) is 14.0. The van der Waals surface area contributed by atoms with Crippen molar-refractivity contribution in [2.24, 2.45) is 0 Å². The number of aromatic amines is 1. The minimum absolute atomic E-state index is 0.0739. The smallest absolute Gasteiger partial charge is 0.270 e. The molecule has 0 aliphatic heterocycles. The van der Waals surface area contributed by atoms with Gasteiger partial charge in [0.25, 0.3) is 11.5 Å². The maximum absolute atomic E-state index is 13.4. The summed E-state index contributed by atoms with van der Waals surface area (Å²) in [5.74, 6) is -2.48. The summed E-state index contributed by atoms with van der Waals surface area (Å²) in [5.41, 5.74) is 0.873. The predicted octanol–water partition coefficient (Wildman–Crippen LogP) is 2.64. The van der Waals surface area contributed by atoms with Crippen molar-refractivity contribution < 1.29 is 13.9 Å². The van der Waals surface area contributed by atoms with Crippen molar-refractivity contribution >= 4 is 11.0 Å². The van der Waals surface area contributed by atoms with Gasteiger partial charge in [0.15, 0.2) is 5.65 Å². The summed E-state index contributed by atoms with van der Waals surface area (Å²) in [5, 5.41) is 14.0. The number of aromatic nitrogens is 4. The number of hydrogen-bond donors (Lipinski definition) is 2. The second kappa shape index (κ2) is 6.03. The molecule has 0 saturated carbocycles. The number of aliphatic hydroxyl groups is 1. The van der Waals surface area contributed by atoms with E-state index in [9.17, 15) is 18.7 Å². The average Bonchev–Trinajstić information content (AvgIpc) is 2.92. The minimum atomic E-state index is -2.91. The average molecular weight is 348 g/mol. The van der Waals surface area contributed by atoms with Gasteiger partial charge in [0.05, 0.1) is 12.6 Å². The first-order valence-electron chi connectivity index (χ1n) is 7.79. The van der Waals surface area contributed by atoms with E-state index in [4.69, 9.17) is 0 Å². The van der Waals surface area contributed by atoms with E-state index in [1.54, 1.807) is 19.1 Å². The van der Waals surface area contributed by atoms with Gasteiger partial charge in [-0.1, -0.05) is 24.3 Å². The molecule has 0 aliphatic carbocycles. The molecule has 6 nitrogen and oxygen atoms in total. The van der Waals surface area contributed by atoms with E-state index in [1.165, 1.54) is 16.8 Å². The fourth-order valence-corrected chi connectivity index (χ4v) is 2.80. The molecule has 1 atom stereocenters. The van der Waals surface area contributed by atoms with Crippen LogP contribution in [-0.4, -0.2) is 24.9 Å². The van der Waals surface area contributed by atoms with Crippen molar-refractivity contribution in [2.75, 3.05) is 0 Å². The summed E-state index contributed by atoms with van der Waals surface area (Å²) in [4.78, 5) is 19.1. The van der Waals surface area contributed by atoms with Crippen molar-refractivity contribution in [3.8, 4) is 0 Å². The van der Waals surface area contributed by atoms with Crippen LogP contribution in [-0.2, 0) is 12.5 Å². The van der Waals surface area contributed by atoms with Crippen LogP contribution in [0.15, 0.2) is 29.1 Å². The van der Waals surface area contributed by atoms with Crippen molar-refractivity contribution in [3.63, 3.8) is 0 Å². The molecule has 0 spiro atoms.